The van der Waals surface area contributed by atoms with Gasteiger partial charge in [0.25, 0.3) is 10.0 Å². The minimum Gasteiger partial charge on any atom is -0.497 e. The quantitative estimate of drug-likeness (QED) is 0.605. The molecule has 2 aliphatic rings. The Bertz CT molecular complexity index is 1080. The van der Waals surface area contributed by atoms with Crippen molar-refractivity contribution in [2.45, 2.75) is 30.6 Å². The predicted octanol–water partition coefficient (Wildman–Crippen LogP) is 3.51. The maximum Gasteiger partial charge on any atom is 0.335 e. The lowest BCUT2D eigenvalue weighted by molar-refractivity contribution is 0.0697. The van der Waals surface area contributed by atoms with Gasteiger partial charge in [-0.05, 0) is 87.2 Å². The van der Waals surface area contributed by atoms with Crippen LogP contribution in [0.25, 0.3) is 0 Å². The normalized spacial score (nSPS) is 19.4. The van der Waals surface area contributed by atoms with E-state index in [-0.39, 0.29) is 16.1 Å². The third kappa shape index (κ3) is 5.59. The predicted molar refractivity (Wildman–Crippen MR) is 128 cm³/mol. The summed E-state index contributed by atoms with van der Waals surface area (Å²) in [4.78, 5) is 16.4. The number of hydrogen-bond acceptors (Lipinski definition) is 6. The summed E-state index contributed by atoms with van der Waals surface area (Å²) in [5.41, 5.74) is 1.03. The number of carbonyl (C=O) groups is 1. The zero-order valence-electron chi connectivity index (χ0n) is 18.9. The van der Waals surface area contributed by atoms with Crippen LogP contribution in [0.1, 0.15) is 36.0 Å². The lowest BCUT2D eigenvalue weighted by Crippen LogP contribution is -2.40. The van der Waals surface area contributed by atoms with Gasteiger partial charge in [0, 0.05) is 19.6 Å². The fraction of sp³-hybridized carbons (Fsp3) is 0.458. The molecule has 33 heavy (non-hydrogen) atoms. The van der Waals surface area contributed by atoms with Crippen LogP contribution in [0.15, 0.2) is 47.4 Å². The van der Waals surface area contributed by atoms with Crippen LogP contribution in [-0.4, -0.2) is 64.2 Å². The molecule has 0 spiro atoms. The van der Waals surface area contributed by atoms with Crippen LogP contribution in [0.5, 0.6) is 5.75 Å². The highest BCUT2D eigenvalue weighted by Gasteiger charge is 2.26. The lowest BCUT2D eigenvalue weighted by atomic mass is 9.96. The molecule has 0 aliphatic carbocycles. The molecule has 178 valence electrons. The second-order valence-electron chi connectivity index (χ2n) is 8.78. The zero-order valence-corrected chi connectivity index (χ0v) is 19.7. The summed E-state index contributed by atoms with van der Waals surface area (Å²) in [6, 6.07) is 10.8. The van der Waals surface area contributed by atoms with Crippen LogP contribution in [0, 0.1) is 5.92 Å². The minimum atomic E-state index is -3.91. The molecule has 2 heterocycles. The maximum absolute atomic E-state index is 13.1. The summed E-state index contributed by atoms with van der Waals surface area (Å²) in [6.07, 6.45) is 4.67. The highest BCUT2D eigenvalue weighted by Crippen LogP contribution is 2.33. The van der Waals surface area contributed by atoms with Crippen LogP contribution in [0.3, 0.4) is 0 Å². The molecule has 9 heteroatoms. The SMILES string of the molecule is COc1ccc(S(=O)(=O)Nc2cc(C(=O)O)ccc2N2CCCC(CN3CCCC3)C2)cc1. The molecule has 2 saturated heterocycles. The Morgan fingerprint density at radius 2 is 1.82 bits per heavy atom. The molecular weight excluding hydrogens is 442 g/mol. The Hall–Kier alpha value is -2.78. The first-order valence-corrected chi connectivity index (χ1v) is 12.9. The number of nitrogens with one attached hydrogen (secondary N) is 1. The first-order chi connectivity index (χ1) is 15.9. The average molecular weight is 474 g/mol. The third-order valence-electron chi connectivity index (χ3n) is 6.43. The van der Waals surface area contributed by atoms with Gasteiger partial charge in [-0.3, -0.25) is 4.72 Å². The Morgan fingerprint density at radius 3 is 2.48 bits per heavy atom. The topological polar surface area (TPSA) is 99.2 Å². The van der Waals surface area contributed by atoms with E-state index in [0.29, 0.717) is 17.4 Å². The molecule has 1 unspecified atom stereocenters. The van der Waals surface area contributed by atoms with Gasteiger partial charge < -0.3 is 19.6 Å². The van der Waals surface area contributed by atoms with Crippen molar-refractivity contribution < 1.29 is 23.1 Å². The van der Waals surface area contributed by atoms with Gasteiger partial charge in [0.05, 0.1) is 28.9 Å². The van der Waals surface area contributed by atoms with Gasteiger partial charge >= 0.3 is 5.97 Å². The number of carboxylic acids is 1. The monoisotopic (exact) mass is 473 g/mol. The maximum atomic E-state index is 13.1. The van der Waals surface area contributed by atoms with Crippen LogP contribution < -0.4 is 14.4 Å². The summed E-state index contributed by atoms with van der Waals surface area (Å²) in [5, 5.41) is 9.47. The van der Waals surface area contributed by atoms with Gasteiger partial charge in [0.15, 0.2) is 0 Å². The molecule has 0 bridgehead atoms. The summed E-state index contributed by atoms with van der Waals surface area (Å²) in [7, 11) is -2.39. The van der Waals surface area contributed by atoms with Crippen molar-refractivity contribution in [3.05, 3.63) is 48.0 Å². The van der Waals surface area contributed by atoms with Crippen molar-refractivity contribution in [1.29, 1.82) is 0 Å². The van der Waals surface area contributed by atoms with E-state index in [9.17, 15) is 18.3 Å². The molecular formula is C24H31N3O5S. The molecule has 2 aliphatic heterocycles. The fourth-order valence-electron chi connectivity index (χ4n) is 4.75. The second-order valence-corrected chi connectivity index (χ2v) is 10.5. The summed E-state index contributed by atoms with van der Waals surface area (Å²) in [5.74, 6) is -0.0427. The van der Waals surface area contributed by atoms with Crippen molar-refractivity contribution in [3.8, 4) is 5.75 Å². The van der Waals surface area contributed by atoms with Gasteiger partial charge in [-0.2, -0.15) is 0 Å². The summed E-state index contributed by atoms with van der Waals surface area (Å²) >= 11 is 0. The molecule has 8 nitrogen and oxygen atoms in total. The molecule has 2 fully saturated rings. The second kappa shape index (κ2) is 10.0. The highest BCUT2D eigenvalue weighted by molar-refractivity contribution is 7.92. The minimum absolute atomic E-state index is 0.0387. The molecule has 2 aromatic rings. The van der Waals surface area contributed by atoms with Crippen LogP contribution in [0.2, 0.25) is 0 Å². The molecule has 1 atom stereocenters. The van der Waals surface area contributed by atoms with E-state index < -0.39 is 16.0 Å². The lowest BCUT2D eigenvalue weighted by Gasteiger charge is -2.37. The molecule has 2 N–H and O–H groups in total. The van der Waals surface area contributed by atoms with Crippen molar-refractivity contribution in [2.75, 3.05) is 49.5 Å². The van der Waals surface area contributed by atoms with E-state index in [2.05, 4.69) is 14.5 Å². The van der Waals surface area contributed by atoms with Crippen LogP contribution in [-0.2, 0) is 10.0 Å². The largest absolute Gasteiger partial charge is 0.497 e. The number of aromatic carboxylic acids is 1. The number of carboxylic acid groups (broad SMARTS) is 1. The smallest absolute Gasteiger partial charge is 0.335 e. The van der Waals surface area contributed by atoms with E-state index in [1.165, 1.54) is 44.2 Å². The number of sulfonamides is 1. The molecule has 0 radical (unpaired) electrons. The standard InChI is InChI=1S/C24H31N3O5S/c1-32-20-7-9-21(10-8-20)33(30,31)25-22-15-19(24(28)29)6-11-23(22)27-14-4-5-18(17-27)16-26-12-2-3-13-26/h6-11,15,18,25H,2-5,12-14,16-17H2,1H3,(H,28,29). The summed E-state index contributed by atoms with van der Waals surface area (Å²) < 4.78 is 33.9. The Labute approximate surface area is 195 Å². The third-order valence-corrected chi connectivity index (χ3v) is 7.81. The van der Waals surface area contributed by atoms with Gasteiger partial charge in [-0.1, -0.05) is 0 Å². The average Bonchev–Trinajstić information content (AvgIpc) is 3.32. The van der Waals surface area contributed by atoms with E-state index >= 15 is 0 Å². The van der Waals surface area contributed by atoms with E-state index in [1.54, 1.807) is 18.2 Å². The molecule has 4 rings (SSSR count). The van der Waals surface area contributed by atoms with Gasteiger partial charge in [-0.15, -0.1) is 0 Å². The number of piperidine rings is 1. The van der Waals surface area contributed by atoms with Crippen molar-refractivity contribution in [2.24, 2.45) is 5.92 Å². The van der Waals surface area contributed by atoms with Gasteiger partial charge in [0.2, 0.25) is 0 Å². The molecule has 0 amide bonds. The molecule has 0 saturated carbocycles. The van der Waals surface area contributed by atoms with Crippen molar-refractivity contribution >= 4 is 27.4 Å². The number of methoxy groups -OCH3 is 1. The Morgan fingerprint density at radius 1 is 1.09 bits per heavy atom. The van der Waals surface area contributed by atoms with E-state index in [4.69, 9.17) is 4.74 Å². The number of benzene rings is 2. The van der Waals surface area contributed by atoms with Crippen molar-refractivity contribution in [3.63, 3.8) is 0 Å². The Kier molecular flexibility index (Phi) is 7.09. The number of nitrogens with zero attached hydrogens (tertiary/aromatic N) is 2. The summed E-state index contributed by atoms with van der Waals surface area (Å²) in [6.45, 7) is 4.98. The Balaban J connectivity index is 1.59. The number of ether oxygens (including phenoxy) is 1. The number of anilines is 2. The van der Waals surface area contributed by atoms with Crippen LogP contribution in [0.4, 0.5) is 11.4 Å². The first kappa shape index (κ1) is 23.4. The number of hydrogen-bond donors (Lipinski definition) is 2. The van der Waals surface area contributed by atoms with E-state index in [0.717, 1.165) is 45.6 Å². The van der Waals surface area contributed by atoms with E-state index in [1.807, 2.05) is 0 Å². The van der Waals surface area contributed by atoms with Gasteiger partial charge in [-0.25, -0.2) is 13.2 Å². The number of likely N-dealkylation sites (tertiary alicyclic amines) is 1. The zero-order chi connectivity index (χ0) is 23.4. The van der Waals surface area contributed by atoms with Crippen LogP contribution >= 0.6 is 0 Å². The number of rotatable bonds is 8. The molecule has 0 aromatic heterocycles. The van der Waals surface area contributed by atoms with Gasteiger partial charge in [0.1, 0.15) is 5.75 Å². The molecule has 2 aromatic carbocycles. The fourth-order valence-corrected chi connectivity index (χ4v) is 5.81. The van der Waals surface area contributed by atoms with Crippen molar-refractivity contribution in [1.82, 2.24) is 4.90 Å². The highest BCUT2D eigenvalue weighted by atomic mass is 32.2. The first-order valence-electron chi connectivity index (χ1n) is 11.4.